The minimum absolute atomic E-state index is 0.117. The van der Waals surface area contributed by atoms with E-state index < -0.39 is 0 Å². The lowest BCUT2D eigenvalue weighted by molar-refractivity contribution is -0.117. The van der Waals surface area contributed by atoms with Crippen LogP contribution in [-0.4, -0.2) is 24.5 Å². The molecule has 1 fully saturated rings. The van der Waals surface area contributed by atoms with Crippen LogP contribution in [0.1, 0.15) is 42.6 Å². The smallest absolute Gasteiger partial charge is 0.251 e. The molecule has 1 saturated heterocycles. The lowest BCUT2D eigenvalue weighted by Gasteiger charge is -2.16. The third-order valence-corrected chi connectivity index (χ3v) is 4.24. The van der Waals surface area contributed by atoms with E-state index in [9.17, 15) is 9.59 Å². The Hall–Kier alpha value is -2.82. The van der Waals surface area contributed by atoms with Crippen molar-refractivity contribution in [3.63, 3.8) is 0 Å². The molecule has 2 amide bonds. The Morgan fingerprint density at radius 2 is 1.96 bits per heavy atom. The molecule has 1 heterocycles. The van der Waals surface area contributed by atoms with Gasteiger partial charge in [0, 0.05) is 30.8 Å². The van der Waals surface area contributed by atoms with E-state index >= 15 is 0 Å². The van der Waals surface area contributed by atoms with Crippen molar-refractivity contribution in [3.05, 3.63) is 59.7 Å². The number of hydrogen-bond acceptors (Lipinski definition) is 3. The van der Waals surface area contributed by atoms with Gasteiger partial charge in [-0.2, -0.15) is 0 Å². The molecular weight excluding hydrogens is 328 g/mol. The summed E-state index contributed by atoms with van der Waals surface area (Å²) in [4.78, 5) is 26.1. The molecule has 1 aliphatic rings. The normalized spacial score (nSPS) is 14.0. The van der Waals surface area contributed by atoms with Gasteiger partial charge in [0.1, 0.15) is 5.75 Å². The fourth-order valence-electron chi connectivity index (χ4n) is 2.98. The fourth-order valence-corrected chi connectivity index (χ4v) is 2.98. The van der Waals surface area contributed by atoms with Crippen LogP contribution in [0.3, 0.4) is 0 Å². The topological polar surface area (TPSA) is 58.6 Å². The number of nitrogens with one attached hydrogen (secondary N) is 1. The van der Waals surface area contributed by atoms with Crippen LogP contribution in [-0.2, 0) is 11.3 Å². The van der Waals surface area contributed by atoms with E-state index in [0.29, 0.717) is 25.1 Å². The number of nitrogens with zero attached hydrogens (tertiary/aromatic N) is 1. The first-order chi connectivity index (χ1) is 12.5. The standard InChI is InChI=1S/C21H24N2O3/c1-15(2)26-19-10-8-16(9-11-19)14-22-21(25)17-5-3-6-18(13-17)23-12-4-7-20(23)24/h3,5-6,8-11,13,15H,4,7,12,14H2,1-2H3,(H,22,25). The molecule has 0 saturated carbocycles. The van der Waals surface area contributed by atoms with Gasteiger partial charge in [-0.3, -0.25) is 9.59 Å². The van der Waals surface area contributed by atoms with Crippen LogP contribution in [0, 0.1) is 0 Å². The molecule has 0 atom stereocenters. The molecule has 2 aromatic carbocycles. The van der Waals surface area contributed by atoms with E-state index in [2.05, 4.69) is 5.32 Å². The number of hydrogen-bond donors (Lipinski definition) is 1. The van der Waals surface area contributed by atoms with Crippen LogP contribution in [0.15, 0.2) is 48.5 Å². The Balaban J connectivity index is 1.60. The van der Waals surface area contributed by atoms with Gasteiger partial charge in [-0.05, 0) is 56.2 Å². The molecule has 2 aromatic rings. The molecule has 1 aliphatic heterocycles. The summed E-state index contributed by atoms with van der Waals surface area (Å²) in [5, 5.41) is 2.92. The van der Waals surface area contributed by atoms with Crippen LogP contribution in [0.5, 0.6) is 5.75 Å². The second kappa shape index (κ2) is 8.04. The van der Waals surface area contributed by atoms with Crippen LogP contribution in [0.25, 0.3) is 0 Å². The van der Waals surface area contributed by atoms with Crippen LogP contribution in [0.4, 0.5) is 5.69 Å². The van der Waals surface area contributed by atoms with E-state index in [1.54, 1.807) is 17.0 Å². The number of amides is 2. The van der Waals surface area contributed by atoms with Crippen molar-refractivity contribution in [1.82, 2.24) is 5.32 Å². The van der Waals surface area contributed by atoms with Crippen molar-refractivity contribution < 1.29 is 14.3 Å². The van der Waals surface area contributed by atoms with Gasteiger partial charge in [0.15, 0.2) is 0 Å². The van der Waals surface area contributed by atoms with Crippen molar-refractivity contribution in [2.24, 2.45) is 0 Å². The van der Waals surface area contributed by atoms with E-state index in [-0.39, 0.29) is 17.9 Å². The van der Waals surface area contributed by atoms with Crippen molar-refractivity contribution in [1.29, 1.82) is 0 Å². The van der Waals surface area contributed by atoms with E-state index in [0.717, 1.165) is 23.4 Å². The molecule has 0 radical (unpaired) electrons. The van der Waals surface area contributed by atoms with Crippen LogP contribution in [0.2, 0.25) is 0 Å². The zero-order chi connectivity index (χ0) is 18.5. The minimum atomic E-state index is -0.152. The van der Waals surface area contributed by atoms with Crippen molar-refractivity contribution in [3.8, 4) is 5.75 Å². The van der Waals surface area contributed by atoms with E-state index in [1.165, 1.54) is 0 Å². The number of ether oxygens (including phenoxy) is 1. The quantitative estimate of drug-likeness (QED) is 0.865. The highest BCUT2D eigenvalue weighted by molar-refractivity contribution is 5.99. The largest absolute Gasteiger partial charge is 0.491 e. The summed E-state index contributed by atoms with van der Waals surface area (Å²) in [6.45, 7) is 5.12. The molecule has 136 valence electrons. The predicted octanol–water partition coefficient (Wildman–Crippen LogP) is 3.53. The van der Waals surface area contributed by atoms with E-state index in [1.807, 2.05) is 50.2 Å². The Kier molecular flexibility index (Phi) is 5.56. The zero-order valence-electron chi connectivity index (χ0n) is 15.2. The highest BCUT2D eigenvalue weighted by atomic mass is 16.5. The van der Waals surface area contributed by atoms with Gasteiger partial charge < -0.3 is 15.0 Å². The van der Waals surface area contributed by atoms with Gasteiger partial charge in [-0.25, -0.2) is 0 Å². The maximum absolute atomic E-state index is 12.4. The molecule has 3 rings (SSSR count). The molecule has 0 bridgehead atoms. The summed E-state index contributed by atoms with van der Waals surface area (Å²) in [6.07, 6.45) is 1.58. The SMILES string of the molecule is CC(C)Oc1ccc(CNC(=O)c2cccc(N3CCCC3=O)c2)cc1. The van der Waals surface area contributed by atoms with Gasteiger partial charge in [0.05, 0.1) is 6.10 Å². The Morgan fingerprint density at radius 3 is 2.62 bits per heavy atom. The molecule has 5 heteroatoms. The Labute approximate surface area is 154 Å². The van der Waals surface area contributed by atoms with Crippen LogP contribution < -0.4 is 15.0 Å². The van der Waals surface area contributed by atoms with Gasteiger partial charge in [0.2, 0.25) is 5.91 Å². The van der Waals surface area contributed by atoms with Crippen LogP contribution >= 0.6 is 0 Å². The highest BCUT2D eigenvalue weighted by Gasteiger charge is 2.22. The first-order valence-electron chi connectivity index (χ1n) is 8.97. The first-order valence-corrected chi connectivity index (χ1v) is 8.97. The third kappa shape index (κ3) is 4.42. The van der Waals surface area contributed by atoms with Crippen molar-refractivity contribution in [2.75, 3.05) is 11.4 Å². The summed E-state index contributed by atoms with van der Waals surface area (Å²) in [7, 11) is 0. The predicted molar refractivity (Wildman–Crippen MR) is 101 cm³/mol. The minimum Gasteiger partial charge on any atom is -0.491 e. The Bertz CT molecular complexity index is 784. The average Bonchev–Trinajstić information content (AvgIpc) is 3.06. The number of anilines is 1. The summed E-state index contributed by atoms with van der Waals surface area (Å²) in [6, 6.07) is 14.9. The molecule has 5 nitrogen and oxygen atoms in total. The Morgan fingerprint density at radius 1 is 1.19 bits per heavy atom. The van der Waals surface area contributed by atoms with Gasteiger partial charge in [-0.1, -0.05) is 18.2 Å². The first kappa shape index (κ1) is 18.0. The number of benzene rings is 2. The molecule has 0 unspecified atom stereocenters. The number of carbonyl (C=O) groups excluding carboxylic acids is 2. The second-order valence-electron chi connectivity index (χ2n) is 6.69. The molecular formula is C21H24N2O3. The van der Waals surface area contributed by atoms with Crippen molar-refractivity contribution in [2.45, 2.75) is 39.3 Å². The average molecular weight is 352 g/mol. The third-order valence-electron chi connectivity index (χ3n) is 4.24. The summed E-state index contributed by atoms with van der Waals surface area (Å²) in [5.74, 6) is 0.783. The molecule has 26 heavy (non-hydrogen) atoms. The summed E-state index contributed by atoms with van der Waals surface area (Å²) >= 11 is 0. The van der Waals surface area contributed by atoms with Crippen molar-refractivity contribution >= 4 is 17.5 Å². The molecule has 0 spiro atoms. The second-order valence-corrected chi connectivity index (χ2v) is 6.69. The molecule has 1 N–H and O–H groups in total. The van der Waals surface area contributed by atoms with Gasteiger partial charge in [-0.15, -0.1) is 0 Å². The maximum Gasteiger partial charge on any atom is 0.251 e. The summed E-state index contributed by atoms with van der Waals surface area (Å²) in [5.41, 5.74) is 2.35. The van der Waals surface area contributed by atoms with Gasteiger partial charge >= 0.3 is 0 Å². The number of carbonyl (C=O) groups is 2. The lowest BCUT2D eigenvalue weighted by atomic mass is 10.1. The monoisotopic (exact) mass is 352 g/mol. The van der Waals surface area contributed by atoms with E-state index in [4.69, 9.17) is 4.74 Å². The fraction of sp³-hybridized carbons (Fsp3) is 0.333. The summed E-state index contributed by atoms with van der Waals surface area (Å²) < 4.78 is 5.62. The maximum atomic E-state index is 12.4. The zero-order valence-corrected chi connectivity index (χ0v) is 15.2. The molecule has 0 aliphatic carbocycles. The lowest BCUT2D eigenvalue weighted by Crippen LogP contribution is -2.25. The molecule has 0 aromatic heterocycles. The number of rotatable bonds is 6. The van der Waals surface area contributed by atoms with Gasteiger partial charge in [0.25, 0.3) is 5.91 Å². The highest BCUT2D eigenvalue weighted by Crippen LogP contribution is 2.22.